The molecule has 9 heteroatoms. The van der Waals surface area contributed by atoms with Gasteiger partial charge >= 0.3 is 0 Å². The Morgan fingerprint density at radius 1 is 1.23 bits per heavy atom. The Labute approximate surface area is 186 Å². The van der Waals surface area contributed by atoms with Gasteiger partial charge in [-0.2, -0.15) is 4.72 Å². The van der Waals surface area contributed by atoms with E-state index in [0.717, 1.165) is 28.8 Å². The van der Waals surface area contributed by atoms with Crippen molar-refractivity contribution in [3.8, 4) is 0 Å². The molecule has 0 bridgehead atoms. The van der Waals surface area contributed by atoms with Crippen LogP contribution in [0.1, 0.15) is 34.9 Å². The summed E-state index contributed by atoms with van der Waals surface area (Å²) in [7, 11) is 0.420. The second-order valence-corrected chi connectivity index (χ2v) is 11.2. The lowest BCUT2D eigenvalue weighted by Gasteiger charge is -2.21. The van der Waals surface area contributed by atoms with Crippen LogP contribution < -0.4 is 9.62 Å². The Balaban J connectivity index is 1.45. The second kappa shape index (κ2) is 8.43. The summed E-state index contributed by atoms with van der Waals surface area (Å²) in [5.74, 6) is -0.215. The van der Waals surface area contributed by atoms with Gasteiger partial charge in [-0.1, -0.05) is 17.7 Å². The molecule has 2 aromatic rings. The van der Waals surface area contributed by atoms with Crippen molar-refractivity contribution in [3.05, 3.63) is 56.1 Å². The smallest absolute Gasteiger partial charge is 0.245 e. The number of nitrogens with zero attached hydrogens (tertiary/aromatic N) is 2. The summed E-state index contributed by atoms with van der Waals surface area (Å²) in [4.78, 5) is 17.5. The average Bonchev–Trinajstić information content (AvgIpc) is 3.39. The van der Waals surface area contributed by atoms with Gasteiger partial charge in [0.05, 0.1) is 4.34 Å². The fourth-order valence-electron chi connectivity index (χ4n) is 4.14. The molecule has 1 aromatic carbocycles. The van der Waals surface area contributed by atoms with E-state index in [2.05, 4.69) is 35.9 Å². The Bertz CT molecular complexity index is 1090. The van der Waals surface area contributed by atoms with Crippen LogP contribution in [0.3, 0.4) is 0 Å². The van der Waals surface area contributed by atoms with Crippen molar-refractivity contribution < 1.29 is 13.2 Å². The quantitative estimate of drug-likeness (QED) is 0.707. The number of benzene rings is 1. The van der Waals surface area contributed by atoms with Crippen molar-refractivity contribution in [2.75, 3.05) is 25.5 Å². The van der Waals surface area contributed by atoms with Gasteiger partial charge in [0.1, 0.15) is 6.04 Å². The fraction of sp³-hybridized carbons (Fsp3) is 0.381. The van der Waals surface area contributed by atoms with Gasteiger partial charge in [0.15, 0.2) is 0 Å². The van der Waals surface area contributed by atoms with Gasteiger partial charge in [-0.05, 0) is 74.8 Å². The molecule has 2 heterocycles. The first-order valence-corrected chi connectivity index (χ1v) is 12.5. The summed E-state index contributed by atoms with van der Waals surface area (Å²) in [6, 6.07) is 9.26. The molecule has 1 aliphatic heterocycles. The Hall–Kier alpha value is -1.71. The van der Waals surface area contributed by atoms with Crippen LogP contribution in [-0.4, -0.2) is 45.9 Å². The van der Waals surface area contributed by atoms with Crippen LogP contribution in [0.5, 0.6) is 0 Å². The van der Waals surface area contributed by atoms with Gasteiger partial charge in [-0.25, -0.2) is 8.42 Å². The third-order valence-corrected chi connectivity index (χ3v) is 7.93. The predicted molar refractivity (Wildman–Crippen MR) is 122 cm³/mol. The normalized spacial score (nSPS) is 21.9. The van der Waals surface area contributed by atoms with Gasteiger partial charge in [0.25, 0.3) is 0 Å². The number of sulfonamides is 1. The maximum absolute atomic E-state index is 12.9. The minimum absolute atomic E-state index is 0.215. The molecule has 1 amide bonds. The van der Waals surface area contributed by atoms with Crippen LogP contribution in [0.15, 0.2) is 35.7 Å². The molecule has 2 unspecified atom stereocenters. The molecule has 160 valence electrons. The SMILES string of the molecule is CN(C)C1CCc2cc(N3CCC(NS(=O)(=O)/C=C/c4ccc(Cl)s4)C3=O)ccc21. The van der Waals surface area contributed by atoms with E-state index in [1.807, 2.05) is 6.07 Å². The predicted octanol–water partition coefficient (Wildman–Crippen LogP) is 3.65. The number of hydrogen-bond donors (Lipinski definition) is 1. The van der Waals surface area contributed by atoms with Crippen molar-refractivity contribution in [1.29, 1.82) is 0 Å². The first-order chi connectivity index (χ1) is 14.2. The molecule has 1 saturated heterocycles. The number of anilines is 1. The van der Waals surface area contributed by atoms with Gasteiger partial charge in [-0.15, -0.1) is 11.3 Å². The van der Waals surface area contributed by atoms with Gasteiger partial charge in [0, 0.05) is 28.6 Å². The summed E-state index contributed by atoms with van der Waals surface area (Å²) < 4.78 is 27.9. The Morgan fingerprint density at radius 3 is 2.73 bits per heavy atom. The molecule has 4 rings (SSSR count). The van der Waals surface area contributed by atoms with E-state index in [1.165, 1.54) is 28.5 Å². The van der Waals surface area contributed by atoms with Crippen LogP contribution in [0.4, 0.5) is 5.69 Å². The van der Waals surface area contributed by atoms with Crippen molar-refractivity contribution in [2.45, 2.75) is 31.3 Å². The zero-order valence-electron chi connectivity index (χ0n) is 16.8. The number of amides is 1. The first kappa shape index (κ1) is 21.5. The molecule has 0 saturated carbocycles. The van der Waals surface area contributed by atoms with Crippen molar-refractivity contribution in [1.82, 2.24) is 9.62 Å². The molecular formula is C21H24ClN3O3S2. The zero-order chi connectivity index (χ0) is 21.5. The van der Waals surface area contributed by atoms with Crippen molar-refractivity contribution in [3.63, 3.8) is 0 Å². The number of fused-ring (bicyclic) bond motifs is 1. The molecular weight excluding hydrogens is 442 g/mol. The average molecular weight is 466 g/mol. The second-order valence-electron chi connectivity index (χ2n) is 7.84. The van der Waals surface area contributed by atoms with Gasteiger partial charge in [-0.3, -0.25) is 4.79 Å². The number of thiophene rings is 1. The number of hydrogen-bond acceptors (Lipinski definition) is 5. The monoisotopic (exact) mass is 465 g/mol. The first-order valence-electron chi connectivity index (χ1n) is 9.80. The molecule has 1 fully saturated rings. The third kappa shape index (κ3) is 4.48. The summed E-state index contributed by atoms with van der Waals surface area (Å²) in [6.45, 7) is 0.492. The molecule has 6 nitrogen and oxygen atoms in total. The fourth-order valence-corrected chi connectivity index (χ4v) is 6.21. The highest BCUT2D eigenvalue weighted by Gasteiger charge is 2.35. The minimum Gasteiger partial charge on any atom is -0.311 e. The number of aryl methyl sites for hydroxylation is 1. The van der Waals surface area contributed by atoms with Crippen LogP contribution in [0.2, 0.25) is 4.34 Å². The summed E-state index contributed by atoms with van der Waals surface area (Å²) >= 11 is 7.16. The van der Waals surface area contributed by atoms with Crippen molar-refractivity contribution in [2.24, 2.45) is 0 Å². The topological polar surface area (TPSA) is 69.7 Å². The lowest BCUT2D eigenvalue weighted by Crippen LogP contribution is -2.40. The molecule has 1 N–H and O–H groups in total. The molecule has 2 aliphatic rings. The Kier molecular flexibility index (Phi) is 6.05. The molecule has 1 aromatic heterocycles. The van der Waals surface area contributed by atoms with Crippen LogP contribution in [-0.2, 0) is 21.2 Å². The highest BCUT2D eigenvalue weighted by Crippen LogP contribution is 2.37. The lowest BCUT2D eigenvalue weighted by molar-refractivity contribution is -0.118. The molecule has 0 radical (unpaired) electrons. The highest BCUT2D eigenvalue weighted by molar-refractivity contribution is 7.92. The number of carbonyl (C=O) groups is 1. The summed E-state index contributed by atoms with van der Waals surface area (Å²) in [5.41, 5.74) is 3.41. The maximum atomic E-state index is 12.9. The van der Waals surface area contributed by atoms with E-state index >= 15 is 0 Å². The van der Waals surface area contributed by atoms with Gasteiger partial charge < -0.3 is 9.80 Å². The summed E-state index contributed by atoms with van der Waals surface area (Å²) in [6.07, 6.45) is 3.98. The molecule has 0 spiro atoms. The lowest BCUT2D eigenvalue weighted by atomic mass is 10.1. The van der Waals surface area contributed by atoms with Crippen molar-refractivity contribution >= 4 is 50.6 Å². The summed E-state index contributed by atoms with van der Waals surface area (Å²) in [5, 5.41) is 1.09. The number of halogens is 1. The van der Waals surface area contributed by atoms with E-state index in [4.69, 9.17) is 11.6 Å². The number of carbonyl (C=O) groups excluding carboxylic acids is 1. The maximum Gasteiger partial charge on any atom is 0.245 e. The number of nitrogens with one attached hydrogen (secondary N) is 1. The number of rotatable bonds is 6. The third-order valence-electron chi connectivity index (χ3n) is 5.63. The van der Waals surface area contributed by atoms with E-state index in [0.29, 0.717) is 23.3 Å². The van der Waals surface area contributed by atoms with E-state index in [9.17, 15) is 13.2 Å². The molecule has 2 atom stereocenters. The van der Waals surface area contributed by atoms with Gasteiger partial charge in [0.2, 0.25) is 15.9 Å². The Morgan fingerprint density at radius 2 is 2.03 bits per heavy atom. The van der Waals surface area contributed by atoms with E-state index in [-0.39, 0.29) is 5.91 Å². The van der Waals surface area contributed by atoms with Crippen LogP contribution >= 0.6 is 22.9 Å². The van der Waals surface area contributed by atoms with E-state index < -0.39 is 16.1 Å². The standard InChI is InChI=1S/C21H24ClN3O3S2/c1-24(2)19-7-3-14-13-15(4-6-17(14)19)25-11-9-18(21(25)26)23-30(27,28)12-10-16-5-8-20(22)29-16/h4-6,8,10,12-13,18-19,23H,3,7,9,11H2,1-2H3/b12-10+. The van der Waals surface area contributed by atoms with Crippen LogP contribution in [0, 0.1) is 0 Å². The molecule has 1 aliphatic carbocycles. The largest absolute Gasteiger partial charge is 0.311 e. The molecule has 30 heavy (non-hydrogen) atoms. The van der Waals surface area contributed by atoms with Crippen LogP contribution in [0.25, 0.3) is 6.08 Å². The zero-order valence-corrected chi connectivity index (χ0v) is 19.2. The van der Waals surface area contributed by atoms with E-state index in [1.54, 1.807) is 17.0 Å². The highest BCUT2D eigenvalue weighted by atomic mass is 35.5. The minimum atomic E-state index is -3.74.